The number of hydrogen-bond donors (Lipinski definition) is 0. The van der Waals surface area contributed by atoms with Crippen LogP contribution in [0.3, 0.4) is 0 Å². The molecule has 0 spiro atoms. The molecule has 1 aromatic heterocycles. The summed E-state index contributed by atoms with van der Waals surface area (Å²) in [4.78, 5) is 13.1. The molecule has 0 amide bonds. The Bertz CT molecular complexity index is 480. The zero-order valence-electron chi connectivity index (χ0n) is 6.95. The molecule has 0 aliphatic rings. The smallest absolute Gasteiger partial charge is 0.258 e. The third-order valence-electron chi connectivity index (χ3n) is 1.44. The van der Waals surface area contributed by atoms with E-state index in [0.29, 0.717) is 5.41 Å². The zero-order valence-corrected chi connectivity index (χ0v) is 7.77. The summed E-state index contributed by atoms with van der Waals surface area (Å²) < 4.78 is 22.5. The van der Waals surface area contributed by atoms with Crippen LogP contribution in [-0.2, 0) is 9.84 Å². The van der Waals surface area contributed by atoms with Gasteiger partial charge >= 0.3 is 5.69 Å². The van der Waals surface area contributed by atoms with Gasteiger partial charge in [0.25, 0.3) is 0 Å². The molecular weight excluding hydrogens is 208 g/mol. The molecule has 0 bridgehead atoms. The quantitative estimate of drug-likeness (QED) is 0.550. The molecule has 0 aliphatic carbocycles. The molecule has 0 N–H and O–H groups in total. The van der Waals surface area contributed by atoms with Gasteiger partial charge in [0, 0.05) is 17.7 Å². The van der Waals surface area contributed by atoms with Crippen molar-refractivity contribution in [2.75, 3.05) is 0 Å². The second kappa shape index (κ2) is 3.54. The number of hydrogen-bond acceptors (Lipinski definition) is 5. The van der Waals surface area contributed by atoms with Crippen molar-refractivity contribution in [3.63, 3.8) is 0 Å². The average molecular weight is 214 g/mol. The molecule has 14 heavy (non-hydrogen) atoms. The van der Waals surface area contributed by atoms with Crippen molar-refractivity contribution in [3.8, 4) is 0 Å². The summed E-state index contributed by atoms with van der Waals surface area (Å²) >= 11 is 0. The van der Waals surface area contributed by atoms with E-state index in [1.54, 1.807) is 0 Å². The van der Waals surface area contributed by atoms with Crippen LogP contribution in [0.2, 0.25) is 0 Å². The SMILES string of the molecule is C=CS(=O)(=O)c1ncccc1[N+](=O)[O-]. The Morgan fingerprint density at radius 3 is 2.71 bits per heavy atom. The molecule has 1 rings (SSSR count). The average Bonchev–Trinajstić information content (AvgIpc) is 2.18. The molecule has 1 aromatic rings. The summed E-state index contributed by atoms with van der Waals surface area (Å²) in [6.07, 6.45) is 1.17. The molecule has 1 heterocycles. The molecular formula is C7H6N2O4S. The van der Waals surface area contributed by atoms with Crippen LogP contribution in [0, 0.1) is 10.1 Å². The summed E-state index contributed by atoms with van der Waals surface area (Å²) in [5, 5.41) is 10.5. The molecule has 0 unspecified atom stereocenters. The van der Waals surface area contributed by atoms with Crippen LogP contribution >= 0.6 is 0 Å². The van der Waals surface area contributed by atoms with E-state index in [1.807, 2.05) is 0 Å². The number of rotatable bonds is 3. The summed E-state index contributed by atoms with van der Waals surface area (Å²) in [7, 11) is -3.86. The van der Waals surface area contributed by atoms with Crippen LogP contribution in [-0.4, -0.2) is 18.3 Å². The van der Waals surface area contributed by atoms with Crippen molar-refractivity contribution in [2.45, 2.75) is 5.03 Å². The van der Waals surface area contributed by atoms with Crippen molar-refractivity contribution in [1.82, 2.24) is 4.98 Å². The van der Waals surface area contributed by atoms with E-state index in [9.17, 15) is 18.5 Å². The number of aromatic nitrogens is 1. The molecule has 7 heteroatoms. The second-order valence-electron chi connectivity index (χ2n) is 2.30. The van der Waals surface area contributed by atoms with E-state index in [-0.39, 0.29) is 0 Å². The van der Waals surface area contributed by atoms with E-state index in [2.05, 4.69) is 11.6 Å². The lowest BCUT2D eigenvalue weighted by molar-refractivity contribution is -0.388. The van der Waals surface area contributed by atoms with Crippen LogP contribution in [0.25, 0.3) is 0 Å². The van der Waals surface area contributed by atoms with Gasteiger partial charge in [-0.05, 0) is 6.07 Å². The highest BCUT2D eigenvalue weighted by Crippen LogP contribution is 2.21. The topological polar surface area (TPSA) is 90.2 Å². The van der Waals surface area contributed by atoms with E-state index >= 15 is 0 Å². The summed E-state index contributed by atoms with van der Waals surface area (Å²) in [6, 6.07) is 2.36. The van der Waals surface area contributed by atoms with Crippen molar-refractivity contribution in [1.29, 1.82) is 0 Å². The van der Waals surface area contributed by atoms with Gasteiger partial charge < -0.3 is 0 Å². The Labute approximate surface area is 80.0 Å². The fraction of sp³-hybridized carbons (Fsp3) is 0. The van der Waals surface area contributed by atoms with E-state index in [1.165, 1.54) is 12.3 Å². The highest BCUT2D eigenvalue weighted by molar-refractivity contribution is 7.94. The monoisotopic (exact) mass is 214 g/mol. The van der Waals surface area contributed by atoms with Crippen LogP contribution in [0.15, 0.2) is 35.3 Å². The lowest BCUT2D eigenvalue weighted by Crippen LogP contribution is -2.03. The van der Waals surface area contributed by atoms with Crippen LogP contribution in [0.5, 0.6) is 0 Å². The van der Waals surface area contributed by atoms with E-state index < -0.39 is 25.5 Å². The molecule has 0 fully saturated rings. The minimum atomic E-state index is -3.86. The molecule has 74 valence electrons. The van der Waals surface area contributed by atoms with Gasteiger partial charge in [-0.15, -0.1) is 0 Å². The van der Waals surface area contributed by atoms with Crippen molar-refractivity contribution < 1.29 is 13.3 Å². The Kier molecular flexibility index (Phi) is 2.61. The fourth-order valence-corrected chi connectivity index (χ4v) is 1.62. The van der Waals surface area contributed by atoms with Gasteiger partial charge in [-0.25, -0.2) is 13.4 Å². The number of sulfone groups is 1. The standard InChI is InChI=1S/C7H6N2O4S/c1-2-14(12,13)7-6(9(10)11)4-3-5-8-7/h2-5H,1H2. The molecule has 6 nitrogen and oxygen atoms in total. The van der Waals surface area contributed by atoms with Crippen molar-refractivity contribution >= 4 is 15.5 Å². The van der Waals surface area contributed by atoms with Gasteiger partial charge in [0.05, 0.1) is 4.92 Å². The highest BCUT2D eigenvalue weighted by atomic mass is 32.2. The zero-order chi connectivity index (χ0) is 10.8. The molecule has 0 atom stereocenters. The second-order valence-corrected chi connectivity index (χ2v) is 4.11. The van der Waals surface area contributed by atoms with Crippen molar-refractivity contribution in [2.24, 2.45) is 0 Å². The third kappa shape index (κ3) is 1.77. The maximum atomic E-state index is 11.2. The predicted molar refractivity (Wildman–Crippen MR) is 48.3 cm³/mol. The normalized spacial score (nSPS) is 10.9. The largest absolute Gasteiger partial charge is 0.306 e. The minimum absolute atomic E-state index is 0.549. The molecule has 0 radical (unpaired) electrons. The summed E-state index contributed by atoms with van der Waals surface area (Å²) in [6.45, 7) is 3.06. The van der Waals surface area contributed by atoms with Gasteiger partial charge in [0.2, 0.25) is 14.9 Å². The minimum Gasteiger partial charge on any atom is -0.258 e. The lowest BCUT2D eigenvalue weighted by atomic mass is 10.4. The van der Waals surface area contributed by atoms with Gasteiger partial charge in [-0.2, -0.15) is 0 Å². The maximum Gasteiger partial charge on any atom is 0.306 e. The predicted octanol–water partition coefficient (Wildman–Crippen LogP) is 0.907. The first-order valence-electron chi connectivity index (χ1n) is 3.46. The molecule has 0 saturated carbocycles. The highest BCUT2D eigenvalue weighted by Gasteiger charge is 2.24. The number of nitro groups is 1. The van der Waals surface area contributed by atoms with E-state index in [0.717, 1.165) is 6.07 Å². The molecule has 0 aliphatic heterocycles. The first-order valence-corrected chi connectivity index (χ1v) is 5.00. The van der Waals surface area contributed by atoms with Gasteiger partial charge in [0.15, 0.2) is 0 Å². The third-order valence-corrected chi connectivity index (χ3v) is 2.73. The Morgan fingerprint density at radius 1 is 1.57 bits per heavy atom. The molecule has 0 saturated heterocycles. The van der Waals surface area contributed by atoms with Gasteiger partial charge in [-0.1, -0.05) is 6.58 Å². The van der Waals surface area contributed by atoms with Gasteiger partial charge in [-0.3, -0.25) is 10.1 Å². The molecule has 0 aromatic carbocycles. The van der Waals surface area contributed by atoms with Crippen LogP contribution in [0.4, 0.5) is 5.69 Å². The van der Waals surface area contributed by atoms with Gasteiger partial charge in [0.1, 0.15) is 0 Å². The Morgan fingerprint density at radius 2 is 2.21 bits per heavy atom. The maximum absolute atomic E-state index is 11.2. The Balaban J connectivity index is 3.50. The first kappa shape index (κ1) is 10.3. The van der Waals surface area contributed by atoms with E-state index in [4.69, 9.17) is 0 Å². The fourth-order valence-electron chi connectivity index (χ4n) is 0.819. The number of pyridine rings is 1. The first-order chi connectivity index (χ1) is 6.49. The summed E-state index contributed by atoms with van der Waals surface area (Å²) in [5.41, 5.74) is -0.549. The van der Waals surface area contributed by atoms with Crippen LogP contribution in [0.1, 0.15) is 0 Å². The lowest BCUT2D eigenvalue weighted by Gasteiger charge is -1.97. The Hall–Kier alpha value is -1.76. The van der Waals surface area contributed by atoms with Crippen LogP contribution < -0.4 is 0 Å². The van der Waals surface area contributed by atoms with Crippen molar-refractivity contribution in [3.05, 3.63) is 40.4 Å². The number of nitrogens with zero attached hydrogens (tertiary/aromatic N) is 2. The summed E-state index contributed by atoms with van der Waals surface area (Å²) in [5.74, 6) is 0.